The van der Waals surface area contributed by atoms with E-state index in [1.807, 2.05) is 12.1 Å². The summed E-state index contributed by atoms with van der Waals surface area (Å²) in [7, 11) is 3.40. The van der Waals surface area contributed by atoms with Crippen LogP contribution in [-0.4, -0.2) is 20.8 Å². The second kappa shape index (κ2) is 5.29. The molecule has 0 radical (unpaired) electrons. The summed E-state index contributed by atoms with van der Waals surface area (Å²) in [6.45, 7) is 3.09. The topological polar surface area (TPSA) is 21.7 Å². The van der Waals surface area contributed by atoms with E-state index in [1.54, 1.807) is 26.0 Å². The number of nitrogens with zero attached hydrogens (tertiary/aromatic N) is 1. The maximum absolute atomic E-state index is 5.33. The first-order valence-electron chi connectivity index (χ1n) is 6.58. The highest BCUT2D eigenvalue weighted by Gasteiger charge is 2.23. The Bertz CT molecular complexity index is 589. The summed E-state index contributed by atoms with van der Waals surface area (Å²) in [6, 6.07) is 12.4. The molecule has 104 valence electrons. The number of ether oxygens (including phenoxy) is 2. The molecule has 0 spiro atoms. The van der Waals surface area contributed by atoms with Gasteiger partial charge in [-0.1, -0.05) is 11.8 Å². The first-order valence-corrected chi connectivity index (χ1v) is 7.40. The van der Waals surface area contributed by atoms with E-state index in [0.29, 0.717) is 0 Å². The van der Waals surface area contributed by atoms with Crippen molar-refractivity contribution in [2.24, 2.45) is 0 Å². The summed E-state index contributed by atoms with van der Waals surface area (Å²) in [4.78, 5) is 4.75. The SMILES string of the molecule is CCN1c2ccc(OC)cc2Sc2cc(OC)ccc21. The lowest BCUT2D eigenvalue weighted by molar-refractivity contribution is 0.413. The number of methoxy groups -OCH3 is 2. The van der Waals surface area contributed by atoms with Crippen molar-refractivity contribution in [2.75, 3.05) is 25.7 Å². The van der Waals surface area contributed by atoms with Gasteiger partial charge in [0.15, 0.2) is 0 Å². The molecule has 2 aromatic rings. The minimum atomic E-state index is 0.888. The Labute approximate surface area is 123 Å². The molecule has 1 heterocycles. The Hall–Kier alpha value is -1.81. The van der Waals surface area contributed by atoms with Crippen LogP contribution < -0.4 is 14.4 Å². The highest BCUT2D eigenvalue weighted by molar-refractivity contribution is 7.99. The number of rotatable bonds is 3. The van der Waals surface area contributed by atoms with Gasteiger partial charge in [-0.15, -0.1) is 0 Å². The third-order valence-corrected chi connectivity index (χ3v) is 4.55. The summed E-state index contributed by atoms with van der Waals surface area (Å²) >= 11 is 1.76. The van der Waals surface area contributed by atoms with Crippen molar-refractivity contribution in [3.8, 4) is 11.5 Å². The van der Waals surface area contributed by atoms with Gasteiger partial charge in [-0.3, -0.25) is 0 Å². The van der Waals surface area contributed by atoms with Gasteiger partial charge in [0.05, 0.1) is 25.6 Å². The molecule has 2 aromatic carbocycles. The predicted molar refractivity (Wildman–Crippen MR) is 82.8 cm³/mol. The molecule has 0 amide bonds. The van der Waals surface area contributed by atoms with Gasteiger partial charge in [0.1, 0.15) is 11.5 Å². The van der Waals surface area contributed by atoms with E-state index < -0.39 is 0 Å². The van der Waals surface area contributed by atoms with Gasteiger partial charge >= 0.3 is 0 Å². The summed E-state index contributed by atoms with van der Waals surface area (Å²) in [5.41, 5.74) is 2.46. The molecule has 0 atom stereocenters. The Morgan fingerprint density at radius 3 is 1.80 bits per heavy atom. The lowest BCUT2D eigenvalue weighted by Gasteiger charge is -2.32. The zero-order valence-electron chi connectivity index (χ0n) is 11.8. The van der Waals surface area contributed by atoms with Crippen LogP contribution in [0.2, 0.25) is 0 Å². The van der Waals surface area contributed by atoms with Crippen molar-refractivity contribution in [1.29, 1.82) is 0 Å². The van der Waals surface area contributed by atoms with Crippen LogP contribution in [0.1, 0.15) is 6.92 Å². The largest absolute Gasteiger partial charge is 0.497 e. The first-order chi connectivity index (χ1) is 9.76. The van der Waals surface area contributed by atoms with E-state index in [4.69, 9.17) is 9.47 Å². The van der Waals surface area contributed by atoms with Crippen LogP contribution in [0.4, 0.5) is 11.4 Å². The van der Waals surface area contributed by atoms with E-state index in [0.717, 1.165) is 18.0 Å². The molecular formula is C16H17NO2S. The van der Waals surface area contributed by atoms with Gasteiger partial charge < -0.3 is 14.4 Å². The molecule has 1 aliphatic rings. The maximum atomic E-state index is 5.33. The van der Waals surface area contributed by atoms with Crippen molar-refractivity contribution in [1.82, 2.24) is 0 Å². The van der Waals surface area contributed by atoms with Crippen molar-refractivity contribution < 1.29 is 9.47 Å². The van der Waals surface area contributed by atoms with Crippen molar-refractivity contribution >= 4 is 23.1 Å². The molecule has 0 aromatic heterocycles. The molecule has 0 unspecified atom stereocenters. The van der Waals surface area contributed by atoms with Crippen molar-refractivity contribution in [3.05, 3.63) is 36.4 Å². The molecule has 0 fully saturated rings. The molecule has 0 saturated heterocycles. The highest BCUT2D eigenvalue weighted by Crippen LogP contribution is 2.49. The van der Waals surface area contributed by atoms with E-state index in [9.17, 15) is 0 Å². The van der Waals surface area contributed by atoms with Crippen LogP contribution in [0.3, 0.4) is 0 Å². The average molecular weight is 287 g/mol. The molecule has 3 nitrogen and oxygen atoms in total. The third kappa shape index (κ3) is 2.10. The molecular weight excluding hydrogens is 270 g/mol. The monoisotopic (exact) mass is 287 g/mol. The van der Waals surface area contributed by atoms with Crippen molar-refractivity contribution in [2.45, 2.75) is 16.7 Å². The van der Waals surface area contributed by atoms with E-state index in [2.05, 4.69) is 36.1 Å². The van der Waals surface area contributed by atoms with Gasteiger partial charge in [-0.25, -0.2) is 0 Å². The van der Waals surface area contributed by atoms with Crippen molar-refractivity contribution in [3.63, 3.8) is 0 Å². The molecule has 0 bridgehead atoms. The smallest absolute Gasteiger partial charge is 0.120 e. The molecule has 0 N–H and O–H groups in total. The van der Waals surface area contributed by atoms with Crippen LogP contribution in [0, 0.1) is 0 Å². The maximum Gasteiger partial charge on any atom is 0.120 e. The lowest BCUT2D eigenvalue weighted by atomic mass is 10.2. The zero-order valence-corrected chi connectivity index (χ0v) is 12.7. The Balaban J connectivity index is 2.11. The van der Waals surface area contributed by atoms with E-state index in [1.165, 1.54) is 21.2 Å². The Kier molecular flexibility index (Phi) is 3.49. The quantitative estimate of drug-likeness (QED) is 0.837. The van der Waals surface area contributed by atoms with E-state index in [-0.39, 0.29) is 0 Å². The van der Waals surface area contributed by atoms with Gasteiger partial charge in [0, 0.05) is 16.3 Å². The van der Waals surface area contributed by atoms with Gasteiger partial charge in [-0.05, 0) is 43.3 Å². The number of hydrogen-bond donors (Lipinski definition) is 0. The third-order valence-electron chi connectivity index (χ3n) is 3.45. The second-order valence-corrected chi connectivity index (χ2v) is 5.60. The zero-order chi connectivity index (χ0) is 14.1. The lowest BCUT2D eigenvalue weighted by Crippen LogP contribution is -2.19. The summed E-state index contributed by atoms with van der Waals surface area (Å²) in [5.74, 6) is 1.78. The fourth-order valence-corrected chi connectivity index (χ4v) is 3.59. The van der Waals surface area contributed by atoms with Crippen LogP contribution in [0.15, 0.2) is 46.2 Å². The number of hydrogen-bond acceptors (Lipinski definition) is 4. The number of benzene rings is 2. The highest BCUT2D eigenvalue weighted by atomic mass is 32.2. The predicted octanol–water partition coefficient (Wildman–Crippen LogP) is 4.33. The van der Waals surface area contributed by atoms with Crippen LogP contribution >= 0.6 is 11.8 Å². The van der Waals surface area contributed by atoms with Gasteiger partial charge in [-0.2, -0.15) is 0 Å². The van der Waals surface area contributed by atoms with Crippen LogP contribution in [0.5, 0.6) is 11.5 Å². The van der Waals surface area contributed by atoms with E-state index >= 15 is 0 Å². The average Bonchev–Trinajstić information content (AvgIpc) is 2.51. The van der Waals surface area contributed by atoms with Gasteiger partial charge in [0.2, 0.25) is 0 Å². The molecule has 1 aliphatic heterocycles. The summed E-state index contributed by atoms with van der Waals surface area (Å²) < 4.78 is 10.7. The molecule has 3 rings (SSSR count). The summed E-state index contributed by atoms with van der Waals surface area (Å²) in [6.07, 6.45) is 0. The fraction of sp³-hybridized carbons (Fsp3) is 0.250. The molecule has 4 heteroatoms. The minimum Gasteiger partial charge on any atom is -0.497 e. The number of fused-ring (bicyclic) bond motifs is 2. The standard InChI is InChI=1S/C16H17NO2S/c1-4-17-13-7-5-11(18-2)9-15(13)20-16-10-12(19-3)6-8-14(16)17/h5-10H,4H2,1-3H3. The Morgan fingerprint density at radius 1 is 0.900 bits per heavy atom. The molecule has 20 heavy (non-hydrogen) atoms. The molecule has 0 saturated carbocycles. The van der Waals surface area contributed by atoms with Crippen LogP contribution in [0.25, 0.3) is 0 Å². The summed E-state index contributed by atoms with van der Waals surface area (Å²) in [5, 5.41) is 0. The molecule has 0 aliphatic carbocycles. The van der Waals surface area contributed by atoms with Gasteiger partial charge in [0.25, 0.3) is 0 Å². The van der Waals surface area contributed by atoms with Crippen LogP contribution in [-0.2, 0) is 0 Å². The Morgan fingerprint density at radius 2 is 1.40 bits per heavy atom. The second-order valence-electron chi connectivity index (χ2n) is 4.51. The first kappa shape index (κ1) is 13.2. The fourth-order valence-electron chi connectivity index (χ4n) is 2.44. The normalized spacial score (nSPS) is 12.7. The number of anilines is 2. The minimum absolute atomic E-state index is 0.888.